The zero-order chi connectivity index (χ0) is 9.56. The van der Waals surface area contributed by atoms with Crippen molar-refractivity contribution in [3.05, 3.63) is 0 Å². The van der Waals surface area contributed by atoms with Crippen molar-refractivity contribution in [3.63, 3.8) is 0 Å². The molecule has 1 amide bonds. The average Bonchev–Trinajstić information content (AvgIpc) is 2.12. The molecule has 0 spiro atoms. The highest BCUT2D eigenvalue weighted by molar-refractivity contribution is 9.09. The quantitative estimate of drug-likeness (QED) is 0.532. The second-order valence-corrected chi connectivity index (χ2v) is 2.32. The fraction of sp³-hybridized carbons (Fsp3) is 0.667. The monoisotopic (exact) mass is 239 g/mol. The molecule has 0 aliphatic rings. The number of rotatable bonds is 2. The fourth-order valence-corrected chi connectivity index (χ4v) is 0.582. The number of halogens is 1. The lowest BCUT2D eigenvalue weighted by Crippen LogP contribution is -2.33. The molecule has 0 aromatic rings. The average molecular weight is 240 g/mol. The van der Waals surface area contributed by atoms with E-state index in [1.807, 2.05) is 0 Å². The maximum absolute atomic E-state index is 10.8. The Bertz CT molecular complexity index is 173. The first kappa shape index (κ1) is 11.2. The van der Waals surface area contributed by atoms with Gasteiger partial charge < -0.3 is 9.57 Å². The standard InChI is InChI=1S/C6H10BrNO4/c1-3-8(6(10)11-2)12-5(9)4-7/h3-4H2,1-2H3. The Morgan fingerprint density at radius 2 is 2.08 bits per heavy atom. The molecule has 0 aromatic heterocycles. The Hall–Kier alpha value is -0.780. The van der Waals surface area contributed by atoms with Crippen molar-refractivity contribution in [1.29, 1.82) is 0 Å². The van der Waals surface area contributed by atoms with E-state index in [2.05, 4.69) is 25.5 Å². The second kappa shape index (κ2) is 5.82. The van der Waals surface area contributed by atoms with Gasteiger partial charge in [0.15, 0.2) is 0 Å². The van der Waals surface area contributed by atoms with Crippen LogP contribution in [0.3, 0.4) is 0 Å². The van der Waals surface area contributed by atoms with Crippen LogP contribution in [0.2, 0.25) is 0 Å². The number of hydrogen-bond donors (Lipinski definition) is 0. The van der Waals surface area contributed by atoms with Gasteiger partial charge in [-0.15, -0.1) is 5.06 Å². The van der Waals surface area contributed by atoms with Gasteiger partial charge in [-0.3, -0.25) is 0 Å². The molecule has 0 unspecified atom stereocenters. The summed E-state index contributed by atoms with van der Waals surface area (Å²) in [7, 11) is 1.22. The number of methoxy groups -OCH3 is 1. The molecule has 0 N–H and O–H groups in total. The van der Waals surface area contributed by atoms with E-state index in [0.29, 0.717) is 0 Å². The predicted octanol–water partition coefficient (Wildman–Crippen LogP) is 0.928. The molecule has 5 nitrogen and oxygen atoms in total. The van der Waals surface area contributed by atoms with Crippen LogP contribution in [0.5, 0.6) is 0 Å². The molecule has 0 bridgehead atoms. The Labute approximate surface area is 78.7 Å². The largest absolute Gasteiger partial charge is 0.451 e. The third-order valence-corrected chi connectivity index (χ3v) is 1.44. The molecule has 70 valence electrons. The topological polar surface area (TPSA) is 55.8 Å². The molecule has 0 radical (unpaired) electrons. The van der Waals surface area contributed by atoms with Gasteiger partial charge >= 0.3 is 12.1 Å². The van der Waals surface area contributed by atoms with Crippen molar-refractivity contribution in [2.45, 2.75) is 6.92 Å². The minimum Gasteiger partial charge on any atom is -0.451 e. The Balaban J connectivity index is 3.99. The Morgan fingerprint density at radius 3 is 2.42 bits per heavy atom. The number of hydroxylamine groups is 2. The van der Waals surface area contributed by atoms with Crippen LogP contribution in [-0.4, -0.2) is 36.1 Å². The number of hydrogen-bond acceptors (Lipinski definition) is 4. The van der Waals surface area contributed by atoms with Gasteiger partial charge in [0.25, 0.3) is 0 Å². The van der Waals surface area contributed by atoms with E-state index < -0.39 is 12.1 Å². The SMILES string of the molecule is CCN(OC(=O)CBr)C(=O)OC. The zero-order valence-electron chi connectivity index (χ0n) is 6.87. The number of alkyl halides is 1. The molecule has 0 aliphatic carbocycles. The molecule has 0 fully saturated rings. The lowest BCUT2D eigenvalue weighted by atomic mass is 10.7. The van der Waals surface area contributed by atoms with Crippen molar-refractivity contribution < 1.29 is 19.2 Å². The van der Waals surface area contributed by atoms with Crippen LogP contribution in [0.1, 0.15) is 6.92 Å². The summed E-state index contributed by atoms with van der Waals surface area (Å²) >= 11 is 2.89. The van der Waals surface area contributed by atoms with E-state index in [0.717, 1.165) is 5.06 Å². The molecular weight excluding hydrogens is 230 g/mol. The Morgan fingerprint density at radius 1 is 1.50 bits per heavy atom. The van der Waals surface area contributed by atoms with Crippen LogP contribution in [0.4, 0.5) is 4.79 Å². The van der Waals surface area contributed by atoms with E-state index in [-0.39, 0.29) is 11.9 Å². The van der Waals surface area contributed by atoms with Crippen LogP contribution < -0.4 is 0 Å². The number of nitrogens with zero attached hydrogens (tertiary/aromatic N) is 1. The van der Waals surface area contributed by atoms with Crippen molar-refractivity contribution in [3.8, 4) is 0 Å². The van der Waals surface area contributed by atoms with Gasteiger partial charge in [-0.2, -0.15) is 0 Å². The van der Waals surface area contributed by atoms with Gasteiger partial charge in [0, 0.05) is 0 Å². The summed E-state index contributed by atoms with van der Waals surface area (Å²) in [5, 5.41) is 0.879. The lowest BCUT2D eigenvalue weighted by Gasteiger charge is -2.16. The maximum Gasteiger partial charge on any atom is 0.443 e. The summed E-state index contributed by atoms with van der Waals surface area (Å²) in [6.45, 7) is 1.92. The summed E-state index contributed by atoms with van der Waals surface area (Å²) in [5.41, 5.74) is 0. The Kier molecular flexibility index (Phi) is 5.44. The molecule has 0 atom stereocenters. The van der Waals surface area contributed by atoms with E-state index >= 15 is 0 Å². The normalized spacial score (nSPS) is 8.92. The minimum absolute atomic E-state index is 0.0422. The van der Waals surface area contributed by atoms with Crippen molar-refractivity contribution >= 4 is 28.0 Å². The first-order chi connectivity index (χ1) is 5.65. The molecule has 0 saturated heterocycles. The van der Waals surface area contributed by atoms with Crippen molar-refractivity contribution in [2.75, 3.05) is 19.0 Å². The third-order valence-electron chi connectivity index (χ3n) is 0.987. The van der Waals surface area contributed by atoms with Crippen LogP contribution in [0.25, 0.3) is 0 Å². The molecule has 0 saturated carbocycles. The fourth-order valence-electron chi connectivity index (χ4n) is 0.480. The number of ether oxygens (including phenoxy) is 1. The van der Waals surface area contributed by atoms with Crippen molar-refractivity contribution in [2.24, 2.45) is 0 Å². The smallest absolute Gasteiger partial charge is 0.443 e. The first-order valence-electron chi connectivity index (χ1n) is 3.28. The number of carbonyl (C=O) groups excluding carboxylic acids is 2. The highest BCUT2D eigenvalue weighted by Gasteiger charge is 2.15. The minimum atomic E-state index is -0.688. The molecule has 12 heavy (non-hydrogen) atoms. The maximum atomic E-state index is 10.8. The van der Waals surface area contributed by atoms with Crippen LogP contribution in [0, 0.1) is 0 Å². The summed E-state index contributed by atoms with van der Waals surface area (Å²) in [4.78, 5) is 26.1. The van der Waals surface area contributed by atoms with Gasteiger partial charge in [-0.25, -0.2) is 9.59 Å². The van der Waals surface area contributed by atoms with E-state index in [4.69, 9.17) is 0 Å². The molecular formula is C6H10BrNO4. The highest BCUT2D eigenvalue weighted by atomic mass is 79.9. The molecule has 0 aromatic carbocycles. The summed E-state index contributed by atoms with van der Waals surface area (Å²) in [6, 6.07) is 0. The predicted molar refractivity (Wildman–Crippen MR) is 44.7 cm³/mol. The zero-order valence-corrected chi connectivity index (χ0v) is 8.46. The third kappa shape index (κ3) is 3.56. The van der Waals surface area contributed by atoms with Gasteiger partial charge in [-0.1, -0.05) is 15.9 Å². The summed E-state index contributed by atoms with van der Waals surface area (Å²) in [5.74, 6) is -0.540. The van der Waals surface area contributed by atoms with Gasteiger partial charge in [-0.05, 0) is 6.92 Å². The van der Waals surface area contributed by atoms with Gasteiger partial charge in [0.2, 0.25) is 0 Å². The van der Waals surface area contributed by atoms with E-state index in [1.165, 1.54) is 7.11 Å². The highest BCUT2D eigenvalue weighted by Crippen LogP contribution is 1.96. The number of amides is 1. The molecule has 0 aliphatic heterocycles. The van der Waals surface area contributed by atoms with E-state index in [9.17, 15) is 9.59 Å². The van der Waals surface area contributed by atoms with E-state index in [1.54, 1.807) is 6.92 Å². The van der Waals surface area contributed by atoms with Crippen LogP contribution in [0.15, 0.2) is 0 Å². The molecule has 6 heteroatoms. The summed E-state index contributed by atoms with van der Waals surface area (Å²) in [6.07, 6.45) is -0.688. The van der Waals surface area contributed by atoms with Gasteiger partial charge in [0.1, 0.15) is 5.33 Å². The van der Waals surface area contributed by atoms with Crippen LogP contribution >= 0.6 is 15.9 Å². The molecule has 0 rings (SSSR count). The molecule has 0 heterocycles. The first-order valence-corrected chi connectivity index (χ1v) is 4.40. The summed E-state index contributed by atoms with van der Waals surface area (Å²) < 4.78 is 4.34. The second-order valence-electron chi connectivity index (χ2n) is 1.76. The van der Waals surface area contributed by atoms with Crippen molar-refractivity contribution in [1.82, 2.24) is 5.06 Å². The van der Waals surface area contributed by atoms with Crippen LogP contribution in [-0.2, 0) is 14.4 Å². The van der Waals surface area contributed by atoms with Gasteiger partial charge in [0.05, 0.1) is 13.7 Å². The number of carbonyl (C=O) groups is 2. The lowest BCUT2D eigenvalue weighted by molar-refractivity contribution is -0.176.